The van der Waals surface area contributed by atoms with E-state index in [1.54, 1.807) is 15.9 Å². The van der Waals surface area contributed by atoms with Crippen LogP contribution in [0, 0.1) is 5.92 Å². The number of anilines is 1. The Morgan fingerprint density at radius 3 is 2.37 bits per heavy atom. The molecule has 1 aliphatic heterocycles. The van der Waals surface area contributed by atoms with Gasteiger partial charge in [0, 0.05) is 61.9 Å². The summed E-state index contributed by atoms with van der Waals surface area (Å²) < 4.78 is 42.8. The maximum atomic E-state index is 14.3. The predicted octanol–water partition coefficient (Wildman–Crippen LogP) is 6.28. The van der Waals surface area contributed by atoms with Crippen LogP contribution < -0.4 is 4.90 Å². The summed E-state index contributed by atoms with van der Waals surface area (Å²) in [5, 5.41) is 0.572. The molecule has 38 heavy (non-hydrogen) atoms. The first-order valence-electron chi connectivity index (χ1n) is 13.4. The van der Waals surface area contributed by atoms with Crippen molar-refractivity contribution in [2.45, 2.75) is 51.6 Å². The van der Waals surface area contributed by atoms with Gasteiger partial charge in [-0.05, 0) is 54.9 Å². The van der Waals surface area contributed by atoms with Crippen LogP contribution in [0.1, 0.15) is 66.1 Å². The summed E-state index contributed by atoms with van der Waals surface area (Å²) in [6.45, 7) is 3.31. The van der Waals surface area contributed by atoms with Crippen molar-refractivity contribution < 1.29 is 22.8 Å². The summed E-state index contributed by atoms with van der Waals surface area (Å²) in [4.78, 5) is 33.4. The number of fused-ring (bicyclic) bond motifs is 1. The van der Waals surface area contributed by atoms with Gasteiger partial charge in [-0.25, -0.2) is 0 Å². The molecule has 1 aromatic heterocycles. The molecular formula is C30H32F3N3O2. The number of pyridine rings is 1. The molecule has 2 aromatic carbocycles. The average Bonchev–Trinajstić information content (AvgIpc) is 3.72. The minimum atomic E-state index is -4.57. The highest BCUT2D eigenvalue weighted by Gasteiger charge is 2.37. The molecule has 200 valence electrons. The second-order valence-corrected chi connectivity index (χ2v) is 10.4. The summed E-state index contributed by atoms with van der Waals surface area (Å²) in [7, 11) is 0. The fraction of sp³-hybridized carbons (Fsp3) is 0.433. The predicted molar refractivity (Wildman–Crippen MR) is 141 cm³/mol. The van der Waals surface area contributed by atoms with E-state index in [-0.39, 0.29) is 22.9 Å². The number of aromatic nitrogens is 1. The normalized spacial score (nSPS) is 16.2. The Bertz CT molecular complexity index is 1330. The third-order valence-corrected chi connectivity index (χ3v) is 7.53. The van der Waals surface area contributed by atoms with Gasteiger partial charge in [-0.3, -0.25) is 14.6 Å². The fourth-order valence-corrected chi connectivity index (χ4v) is 5.26. The molecule has 1 amide bonds. The van der Waals surface area contributed by atoms with Gasteiger partial charge in [-0.15, -0.1) is 0 Å². The largest absolute Gasteiger partial charge is 0.418 e. The zero-order valence-electron chi connectivity index (χ0n) is 21.6. The van der Waals surface area contributed by atoms with E-state index in [0.717, 1.165) is 36.5 Å². The van der Waals surface area contributed by atoms with E-state index in [9.17, 15) is 22.8 Å². The van der Waals surface area contributed by atoms with Gasteiger partial charge in [0.15, 0.2) is 5.78 Å². The molecular weight excluding hydrogens is 491 g/mol. The summed E-state index contributed by atoms with van der Waals surface area (Å²) in [6, 6.07) is 12.3. The Kier molecular flexibility index (Phi) is 7.41. The molecule has 0 unspecified atom stereocenters. The fourth-order valence-electron chi connectivity index (χ4n) is 5.26. The maximum Gasteiger partial charge on any atom is 0.418 e. The zero-order valence-corrected chi connectivity index (χ0v) is 21.6. The molecule has 5 rings (SSSR count). The lowest BCUT2D eigenvalue weighted by atomic mass is 9.92. The Labute approximate surface area is 220 Å². The van der Waals surface area contributed by atoms with Gasteiger partial charge in [0.1, 0.15) is 0 Å². The summed E-state index contributed by atoms with van der Waals surface area (Å²) >= 11 is 0. The van der Waals surface area contributed by atoms with Crippen LogP contribution in [0.3, 0.4) is 0 Å². The maximum absolute atomic E-state index is 14.3. The minimum Gasteiger partial charge on any atom is -0.367 e. The zero-order chi connectivity index (χ0) is 26.9. The van der Waals surface area contributed by atoms with Crippen LogP contribution in [0.15, 0.2) is 48.7 Å². The number of ketones is 1. The van der Waals surface area contributed by atoms with Crippen LogP contribution in [0.5, 0.6) is 0 Å². The Balaban J connectivity index is 1.59. The summed E-state index contributed by atoms with van der Waals surface area (Å²) in [5.41, 5.74) is 1.76. The van der Waals surface area contributed by atoms with Gasteiger partial charge in [0.25, 0.3) is 0 Å². The molecule has 0 radical (unpaired) electrons. The number of nitrogens with zero attached hydrogens (tertiary/aromatic N) is 3. The van der Waals surface area contributed by atoms with Crippen molar-refractivity contribution in [1.29, 1.82) is 0 Å². The average molecular weight is 524 g/mol. The van der Waals surface area contributed by atoms with Crippen molar-refractivity contribution in [3.05, 3.63) is 70.9 Å². The molecule has 0 atom stereocenters. The minimum absolute atomic E-state index is 0.00247. The number of carbonyl (C=O) groups excluding carboxylic acids is 2. The number of hydrogen-bond acceptors (Lipinski definition) is 4. The first kappa shape index (κ1) is 26.2. The molecule has 3 aromatic rings. The Morgan fingerprint density at radius 1 is 1.03 bits per heavy atom. The van der Waals surface area contributed by atoms with Crippen molar-refractivity contribution in [3.8, 4) is 0 Å². The van der Waals surface area contributed by atoms with Crippen LogP contribution >= 0.6 is 0 Å². The third-order valence-electron chi connectivity index (χ3n) is 7.53. The van der Waals surface area contributed by atoms with Gasteiger partial charge in [0.05, 0.1) is 11.1 Å². The van der Waals surface area contributed by atoms with Gasteiger partial charge < -0.3 is 9.80 Å². The van der Waals surface area contributed by atoms with Gasteiger partial charge in [-0.1, -0.05) is 37.3 Å². The monoisotopic (exact) mass is 523 g/mol. The Hall–Kier alpha value is -3.42. The van der Waals surface area contributed by atoms with Crippen molar-refractivity contribution in [2.24, 2.45) is 5.92 Å². The van der Waals surface area contributed by atoms with Crippen LogP contribution in [-0.2, 0) is 17.4 Å². The molecule has 0 spiro atoms. The van der Waals surface area contributed by atoms with E-state index in [4.69, 9.17) is 0 Å². The number of hydrogen-bond donors (Lipinski definition) is 0. The first-order chi connectivity index (χ1) is 18.2. The van der Waals surface area contributed by atoms with Crippen molar-refractivity contribution >= 4 is 28.3 Å². The van der Waals surface area contributed by atoms with Crippen molar-refractivity contribution in [3.63, 3.8) is 0 Å². The summed E-state index contributed by atoms with van der Waals surface area (Å²) in [6.07, 6.45) is 1.01. The molecule has 2 fully saturated rings. The first-order valence-corrected chi connectivity index (χ1v) is 13.4. The van der Waals surface area contributed by atoms with Crippen LogP contribution in [0.25, 0.3) is 10.9 Å². The number of rotatable bonds is 8. The lowest BCUT2D eigenvalue weighted by Gasteiger charge is -2.37. The van der Waals surface area contributed by atoms with E-state index in [0.29, 0.717) is 62.3 Å². The van der Waals surface area contributed by atoms with Crippen LogP contribution in [-0.4, -0.2) is 47.8 Å². The lowest BCUT2D eigenvalue weighted by Crippen LogP contribution is -2.49. The molecule has 2 heterocycles. The number of piperazine rings is 1. The van der Waals surface area contributed by atoms with Gasteiger partial charge in [-0.2, -0.15) is 13.2 Å². The molecule has 5 nitrogen and oxygen atoms in total. The van der Waals surface area contributed by atoms with Crippen molar-refractivity contribution in [2.75, 3.05) is 31.1 Å². The van der Waals surface area contributed by atoms with Crippen LogP contribution in [0.4, 0.5) is 18.9 Å². The highest BCUT2D eigenvalue weighted by molar-refractivity contribution is 6.02. The summed E-state index contributed by atoms with van der Waals surface area (Å²) in [5.74, 6) is 0.421. The molecule has 2 aliphatic rings. The number of carbonyl (C=O) groups is 2. The quantitative estimate of drug-likeness (QED) is 0.326. The molecule has 1 saturated carbocycles. The highest BCUT2D eigenvalue weighted by atomic mass is 19.4. The lowest BCUT2D eigenvalue weighted by molar-refractivity contribution is -0.137. The number of halogens is 3. The molecule has 1 aliphatic carbocycles. The molecule has 0 bridgehead atoms. The Morgan fingerprint density at radius 2 is 1.74 bits per heavy atom. The SMILES string of the molecule is CCCC(=O)N1CCN(c2cc3c(Cc4ccccc4)c(C(=O)CC4CC4)cnc3cc2C(F)(F)F)CC1. The highest BCUT2D eigenvalue weighted by Crippen LogP contribution is 2.41. The van der Waals surface area contributed by atoms with E-state index in [1.165, 1.54) is 6.20 Å². The second kappa shape index (κ2) is 10.8. The van der Waals surface area contributed by atoms with Gasteiger partial charge in [0.2, 0.25) is 5.91 Å². The smallest absolute Gasteiger partial charge is 0.367 e. The number of alkyl halides is 3. The second-order valence-electron chi connectivity index (χ2n) is 10.4. The van der Waals surface area contributed by atoms with E-state index >= 15 is 0 Å². The molecule has 8 heteroatoms. The number of benzene rings is 2. The third kappa shape index (κ3) is 5.69. The van der Waals surface area contributed by atoms with Crippen LogP contribution in [0.2, 0.25) is 0 Å². The standard InChI is InChI=1S/C30H32F3N3O2/c1-2-6-29(38)36-13-11-35(12-14-36)27-17-23-22(15-20-7-4-3-5-8-20)24(28(37)16-21-9-10-21)19-34-26(23)18-25(27)30(31,32)33/h3-5,7-8,17-19,21H,2,6,9-16H2,1H3. The molecule has 1 saturated heterocycles. The van der Waals surface area contributed by atoms with Gasteiger partial charge >= 0.3 is 6.18 Å². The van der Waals surface area contributed by atoms with Crippen molar-refractivity contribution in [1.82, 2.24) is 9.88 Å². The molecule has 0 N–H and O–H groups in total. The number of Topliss-reactive ketones (excluding diaryl/α,β-unsaturated/α-hetero) is 1. The topological polar surface area (TPSA) is 53.5 Å². The number of amides is 1. The van der Waals surface area contributed by atoms with E-state index in [1.807, 2.05) is 37.3 Å². The van der Waals surface area contributed by atoms with E-state index in [2.05, 4.69) is 4.98 Å². The van der Waals surface area contributed by atoms with E-state index < -0.39 is 11.7 Å².